The van der Waals surface area contributed by atoms with Gasteiger partial charge in [-0.05, 0) is 6.08 Å². The average Bonchev–Trinajstić information content (AvgIpc) is 1.94. The largest absolute Gasteiger partial charge is 0.293 e. The lowest BCUT2D eigenvalue weighted by molar-refractivity contribution is 0.541. The summed E-state index contributed by atoms with van der Waals surface area (Å²) in [5.41, 5.74) is 0. The molecular weight excluding hydrogens is 102 g/mol. The Kier molecular flexibility index (Phi) is 1.44. The molecule has 3 heteroatoms. The van der Waals surface area contributed by atoms with Crippen molar-refractivity contribution in [2.45, 2.75) is 0 Å². The van der Waals surface area contributed by atoms with Crippen LogP contribution in [-0.2, 0) is 0 Å². The summed E-state index contributed by atoms with van der Waals surface area (Å²) < 4.78 is 0. The zero-order valence-electron chi connectivity index (χ0n) is 4.36. The lowest BCUT2D eigenvalue weighted by Crippen LogP contribution is -2.16. The first-order valence-corrected chi connectivity index (χ1v) is 2.29. The molecule has 1 aliphatic rings. The molecule has 8 heavy (non-hydrogen) atoms. The zero-order chi connectivity index (χ0) is 5.82. The van der Waals surface area contributed by atoms with Crippen LogP contribution < -0.4 is 5.84 Å². The van der Waals surface area contributed by atoms with E-state index in [1.807, 2.05) is 0 Å². The van der Waals surface area contributed by atoms with E-state index in [2.05, 4.69) is 4.99 Å². The van der Waals surface area contributed by atoms with Crippen molar-refractivity contribution in [1.29, 1.82) is 0 Å². The van der Waals surface area contributed by atoms with E-state index < -0.39 is 0 Å². The van der Waals surface area contributed by atoms with Crippen molar-refractivity contribution in [3.8, 4) is 0 Å². The second-order valence-corrected chi connectivity index (χ2v) is 1.39. The SMILES string of the molecule is NN1C=CC=NC=C1. The summed E-state index contributed by atoms with van der Waals surface area (Å²) >= 11 is 0. The van der Waals surface area contributed by atoms with Gasteiger partial charge in [0, 0.05) is 24.8 Å². The molecule has 0 bridgehead atoms. The molecule has 0 fully saturated rings. The normalized spacial score (nSPS) is 16.9. The first kappa shape index (κ1) is 5.05. The maximum absolute atomic E-state index is 5.31. The van der Waals surface area contributed by atoms with Crippen LogP contribution in [0.25, 0.3) is 0 Å². The summed E-state index contributed by atoms with van der Waals surface area (Å²) in [6.45, 7) is 0. The molecule has 0 spiro atoms. The van der Waals surface area contributed by atoms with Crippen molar-refractivity contribution in [3.05, 3.63) is 24.7 Å². The van der Waals surface area contributed by atoms with Gasteiger partial charge in [-0.2, -0.15) is 0 Å². The fraction of sp³-hybridized carbons (Fsp3) is 0. The van der Waals surface area contributed by atoms with Crippen LogP contribution in [0.3, 0.4) is 0 Å². The van der Waals surface area contributed by atoms with E-state index in [4.69, 9.17) is 5.84 Å². The molecule has 0 amide bonds. The fourth-order valence-electron chi connectivity index (χ4n) is 0.402. The Hall–Kier alpha value is -1.09. The van der Waals surface area contributed by atoms with Crippen LogP contribution in [-0.4, -0.2) is 11.2 Å². The second kappa shape index (κ2) is 2.28. The van der Waals surface area contributed by atoms with Crippen LogP contribution in [0.15, 0.2) is 29.7 Å². The smallest absolute Gasteiger partial charge is 0.0445 e. The monoisotopic (exact) mass is 109 g/mol. The Morgan fingerprint density at radius 2 is 2.25 bits per heavy atom. The maximum atomic E-state index is 5.31. The number of hydrogen-bond acceptors (Lipinski definition) is 3. The Balaban J connectivity index is 2.66. The summed E-state index contributed by atoms with van der Waals surface area (Å²) in [7, 11) is 0. The van der Waals surface area contributed by atoms with Crippen molar-refractivity contribution in [2.24, 2.45) is 10.8 Å². The van der Waals surface area contributed by atoms with Crippen LogP contribution in [0.4, 0.5) is 0 Å². The molecule has 0 aliphatic carbocycles. The molecular formula is C5H7N3. The van der Waals surface area contributed by atoms with E-state index in [0.717, 1.165) is 0 Å². The van der Waals surface area contributed by atoms with Gasteiger partial charge >= 0.3 is 0 Å². The molecule has 1 aliphatic heterocycles. The van der Waals surface area contributed by atoms with E-state index in [1.54, 1.807) is 30.9 Å². The van der Waals surface area contributed by atoms with Crippen molar-refractivity contribution in [3.63, 3.8) is 0 Å². The third-order valence-electron chi connectivity index (χ3n) is 0.755. The van der Waals surface area contributed by atoms with E-state index in [1.165, 1.54) is 5.01 Å². The summed E-state index contributed by atoms with van der Waals surface area (Å²) in [5.74, 6) is 5.31. The molecule has 0 saturated carbocycles. The number of allylic oxidation sites excluding steroid dienone is 1. The summed E-state index contributed by atoms with van der Waals surface area (Å²) in [4.78, 5) is 3.81. The van der Waals surface area contributed by atoms with Gasteiger partial charge in [-0.1, -0.05) is 0 Å². The minimum absolute atomic E-state index is 1.44. The molecule has 0 unspecified atom stereocenters. The van der Waals surface area contributed by atoms with Gasteiger partial charge in [0.2, 0.25) is 0 Å². The van der Waals surface area contributed by atoms with Crippen LogP contribution in [0, 0.1) is 0 Å². The summed E-state index contributed by atoms with van der Waals surface area (Å²) in [6, 6.07) is 0. The van der Waals surface area contributed by atoms with Crippen molar-refractivity contribution in [1.82, 2.24) is 5.01 Å². The van der Waals surface area contributed by atoms with Crippen LogP contribution >= 0.6 is 0 Å². The Morgan fingerprint density at radius 3 is 3.12 bits per heavy atom. The highest BCUT2D eigenvalue weighted by Gasteiger charge is 1.80. The molecule has 42 valence electrons. The van der Waals surface area contributed by atoms with Crippen molar-refractivity contribution >= 4 is 6.21 Å². The quantitative estimate of drug-likeness (QED) is 0.452. The van der Waals surface area contributed by atoms with E-state index in [9.17, 15) is 0 Å². The topological polar surface area (TPSA) is 41.6 Å². The van der Waals surface area contributed by atoms with Gasteiger partial charge in [-0.3, -0.25) is 10.0 Å². The molecule has 0 saturated heterocycles. The molecule has 3 nitrogen and oxygen atoms in total. The number of aliphatic imine (C=N–C) groups is 1. The molecule has 1 heterocycles. The molecule has 0 aromatic carbocycles. The number of hydrazine groups is 1. The maximum Gasteiger partial charge on any atom is 0.0445 e. The Morgan fingerprint density at radius 1 is 1.38 bits per heavy atom. The van der Waals surface area contributed by atoms with Crippen molar-refractivity contribution < 1.29 is 0 Å². The van der Waals surface area contributed by atoms with Gasteiger partial charge < -0.3 is 0 Å². The minimum Gasteiger partial charge on any atom is -0.293 e. The standard InChI is InChI=1S/C5H7N3/c6-8-4-1-2-7-3-5-8/h1-5H,6H2. The third kappa shape index (κ3) is 1.20. The van der Waals surface area contributed by atoms with Crippen LogP contribution in [0.2, 0.25) is 0 Å². The fourth-order valence-corrected chi connectivity index (χ4v) is 0.402. The predicted molar refractivity (Wildman–Crippen MR) is 32.8 cm³/mol. The van der Waals surface area contributed by atoms with Gasteiger partial charge in [0.05, 0.1) is 0 Å². The predicted octanol–water partition coefficient (Wildman–Crippen LogP) is 0.231. The molecule has 0 aromatic heterocycles. The summed E-state index contributed by atoms with van der Waals surface area (Å²) in [5, 5.41) is 1.44. The first-order chi connectivity index (χ1) is 3.89. The van der Waals surface area contributed by atoms with Crippen LogP contribution in [0.1, 0.15) is 0 Å². The number of rotatable bonds is 0. The average molecular weight is 109 g/mol. The van der Waals surface area contributed by atoms with Gasteiger partial charge in [0.15, 0.2) is 0 Å². The highest BCUT2D eigenvalue weighted by Crippen LogP contribution is 1.86. The molecule has 0 atom stereocenters. The Labute approximate surface area is 47.8 Å². The van der Waals surface area contributed by atoms with Gasteiger partial charge in [-0.25, -0.2) is 5.84 Å². The highest BCUT2D eigenvalue weighted by atomic mass is 15.4. The Bertz CT molecular complexity index is 130. The number of nitrogens with zero attached hydrogens (tertiary/aromatic N) is 2. The van der Waals surface area contributed by atoms with Gasteiger partial charge in [0.1, 0.15) is 0 Å². The third-order valence-corrected chi connectivity index (χ3v) is 0.755. The van der Waals surface area contributed by atoms with Gasteiger partial charge in [0.25, 0.3) is 0 Å². The van der Waals surface area contributed by atoms with Crippen LogP contribution in [0.5, 0.6) is 0 Å². The lowest BCUT2D eigenvalue weighted by Gasteiger charge is -2.01. The highest BCUT2D eigenvalue weighted by molar-refractivity contribution is 5.71. The van der Waals surface area contributed by atoms with Crippen molar-refractivity contribution in [2.75, 3.05) is 0 Å². The van der Waals surface area contributed by atoms with E-state index in [0.29, 0.717) is 0 Å². The number of hydrogen-bond donors (Lipinski definition) is 1. The molecule has 2 N–H and O–H groups in total. The van der Waals surface area contributed by atoms with Gasteiger partial charge in [-0.15, -0.1) is 0 Å². The van der Waals surface area contributed by atoms with E-state index in [-0.39, 0.29) is 0 Å². The lowest BCUT2D eigenvalue weighted by atomic mass is 10.7. The zero-order valence-corrected chi connectivity index (χ0v) is 4.36. The minimum atomic E-state index is 1.44. The molecule has 1 rings (SSSR count). The molecule has 0 radical (unpaired) electrons. The number of nitrogens with two attached hydrogens (primary N) is 1. The summed E-state index contributed by atoms with van der Waals surface area (Å²) in [6.07, 6.45) is 8.44. The first-order valence-electron chi connectivity index (χ1n) is 2.29. The molecule has 0 aromatic rings. The second-order valence-electron chi connectivity index (χ2n) is 1.39. The van der Waals surface area contributed by atoms with E-state index >= 15 is 0 Å².